The number of benzene rings is 1. The summed E-state index contributed by atoms with van der Waals surface area (Å²) in [6.07, 6.45) is 6.83. The van der Waals surface area contributed by atoms with Crippen molar-refractivity contribution in [2.75, 3.05) is 33.4 Å². The molecule has 2 aromatic rings. The van der Waals surface area contributed by atoms with Crippen molar-refractivity contribution >= 4 is 27.9 Å². The number of carboxylic acid groups (broad SMARTS) is 1. The minimum absolute atomic E-state index is 0.0165. The van der Waals surface area contributed by atoms with Crippen LogP contribution in [0.1, 0.15) is 48.2 Å². The number of carbonyl (C=O) groups is 1. The highest BCUT2D eigenvalue weighted by atomic mass is 32.2. The Balaban J connectivity index is 1.93. The predicted molar refractivity (Wildman–Crippen MR) is 141 cm³/mol. The highest BCUT2D eigenvalue weighted by molar-refractivity contribution is 7.85. The van der Waals surface area contributed by atoms with E-state index in [1.165, 1.54) is 0 Å². The smallest absolute Gasteiger partial charge is 0.303 e. The summed E-state index contributed by atoms with van der Waals surface area (Å²) in [5, 5.41) is 9.07. The summed E-state index contributed by atoms with van der Waals surface area (Å²) < 4.78 is 34.1. The second-order valence-corrected chi connectivity index (χ2v) is 11.7. The van der Waals surface area contributed by atoms with Gasteiger partial charge >= 0.3 is 5.97 Å². The van der Waals surface area contributed by atoms with E-state index in [2.05, 4.69) is 32.2 Å². The number of aliphatic imine (C=N–C) groups is 1. The van der Waals surface area contributed by atoms with E-state index in [0.29, 0.717) is 12.8 Å². The number of quaternary nitrogens is 1. The van der Waals surface area contributed by atoms with Gasteiger partial charge in [-0.2, -0.15) is 0 Å². The zero-order chi connectivity index (χ0) is 26.3. The van der Waals surface area contributed by atoms with Crippen LogP contribution in [0, 0.1) is 0 Å². The third-order valence-electron chi connectivity index (χ3n) is 5.94. The van der Waals surface area contributed by atoms with Crippen LogP contribution < -0.4 is 0 Å². The maximum atomic E-state index is 11.1. The zero-order valence-electron chi connectivity index (χ0n) is 21.2. The molecule has 0 amide bonds. The number of carboxylic acids is 1. The molecule has 8 nitrogen and oxygen atoms in total. The van der Waals surface area contributed by atoms with Crippen LogP contribution in [-0.2, 0) is 27.8 Å². The van der Waals surface area contributed by atoms with Gasteiger partial charge in [-0.25, -0.2) is 13.4 Å². The molecule has 2 heterocycles. The molecule has 0 unspecified atom stereocenters. The van der Waals surface area contributed by atoms with Gasteiger partial charge in [0, 0.05) is 29.1 Å². The highest BCUT2D eigenvalue weighted by Crippen LogP contribution is 2.29. The number of aromatic amines is 1. The van der Waals surface area contributed by atoms with Gasteiger partial charge in [-0.3, -0.25) is 4.79 Å². The fourth-order valence-corrected chi connectivity index (χ4v) is 4.66. The first-order valence-corrected chi connectivity index (χ1v) is 13.7. The molecular formula is C27H35N3O5S. The van der Waals surface area contributed by atoms with Gasteiger partial charge in [-0.05, 0) is 55.0 Å². The molecule has 0 atom stereocenters. The second-order valence-electron chi connectivity index (χ2n) is 10.2. The van der Waals surface area contributed by atoms with Crippen molar-refractivity contribution in [3.63, 3.8) is 0 Å². The lowest BCUT2D eigenvalue weighted by Crippen LogP contribution is -2.35. The van der Waals surface area contributed by atoms with Gasteiger partial charge in [-0.15, -0.1) is 0 Å². The Morgan fingerprint density at radius 3 is 2.47 bits per heavy atom. The number of H-pyrrole nitrogens is 1. The van der Waals surface area contributed by atoms with Gasteiger partial charge in [-0.1, -0.05) is 30.3 Å². The van der Waals surface area contributed by atoms with Crippen molar-refractivity contribution in [2.24, 2.45) is 4.99 Å². The van der Waals surface area contributed by atoms with E-state index >= 15 is 0 Å². The molecule has 36 heavy (non-hydrogen) atoms. The predicted octanol–water partition coefficient (Wildman–Crippen LogP) is 3.77. The molecular weight excluding hydrogens is 478 g/mol. The van der Waals surface area contributed by atoms with E-state index in [-0.39, 0.29) is 12.8 Å². The summed E-state index contributed by atoms with van der Waals surface area (Å²) in [6, 6.07) is 11.8. The molecule has 1 aliphatic rings. The Hall–Kier alpha value is -3.01. The largest absolute Gasteiger partial charge is 0.748 e. The number of hydrogen-bond acceptors (Lipinski definition) is 5. The molecule has 9 heteroatoms. The Bertz CT molecular complexity index is 1270. The highest BCUT2D eigenvalue weighted by Gasteiger charge is 2.19. The van der Waals surface area contributed by atoms with Crippen LogP contribution in [0.2, 0.25) is 0 Å². The minimum Gasteiger partial charge on any atom is -0.748 e. The second kappa shape index (κ2) is 11.8. The molecule has 0 bridgehead atoms. The van der Waals surface area contributed by atoms with Gasteiger partial charge in [0.05, 0.1) is 55.6 Å². The maximum absolute atomic E-state index is 11.1. The van der Waals surface area contributed by atoms with E-state index in [0.717, 1.165) is 63.4 Å². The monoisotopic (exact) mass is 513 g/mol. The van der Waals surface area contributed by atoms with Crippen molar-refractivity contribution in [3.05, 3.63) is 76.3 Å². The molecule has 0 saturated heterocycles. The summed E-state index contributed by atoms with van der Waals surface area (Å²) in [6.45, 7) is 1.02. The summed E-state index contributed by atoms with van der Waals surface area (Å²) in [7, 11) is 2.19. The van der Waals surface area contributed by atoms with Crippen LogP contribution in [0.4, 0.5) is 0 Å². The molecule has 1 aromatic heterocycles. The number of nitrogens with zero attached hydrogens (tertiary/aromatic N) is 2. The number of allylic oxidation sites excluding steroid dienone is 2. The lowest BCUT2D eigenvalue weighted by atomic mass is 10.0. The van der Waals surface area contributed by atoms with Crippen molar-refractivity contribution < 1.29 is 27.4 Å². The molecule has 0 saturated carbocycles. The van der Waals surface area contributed by atoms with E-state index in [1.54, 1.807) is 0 Å². The van der Waals surface area contributed by atoms with Crippen LogP contribution in [0.25, 0.3) is 6.08 Å². The number of hydrogen-bond donors (Lipinski definition) is 2. The van der Waals surface area contributed by atoms with E-state index in [1.807, 2.05) is 42.5 Å². The standard InChI is InChI=1S/C27H35N3O5S/c1-30(2,3)15-7-11-22-18-24(20-9-5-4-6-10-20)29-26(22)19-25-21(12-8-16-36(33,34)35)17-23(28-25)13-14-27(31)32/h4-6,9-10,17-19H,7-8,11-16H2,1-3H3,(H2-,28,29,31,32,33,34,35). The third-order valence-corrected chi connectivity index (χ3v) is 6.73. The Morgan fingerprint density at radius 2 is 1.83 bits per heavy atom. The maximum Gasteiger partial charge on any atom is 0.303 e. The third kappa shape index (κ3) is 8.89. The number of nitrogens with one attached hydrogen (secondary N) is 1. The molecule has 0 fully saturated rings. The Labute approximate surface area is 213 Å². The summed E-state index contributed by atoms with van der Waals surface area (Å²) >= 11 is 0. The SMILES string of the molecule is C[N+](C)(C)CCCC1=CC(c2ccccc2)=N/C1=C\c1[nH]c(CCC(=O)O)cc1CCCS(=O)(=O)[O-]. The first-order chi connectivity index (χ1) is 16.9. The average Bonchev–Trinajstić information content (AvgIpc) is 3.35. The van der Waals surface area contributed by atoms with Crippen molar-refractivity contribution in [3.8, 4) is 0 Å². The molecule has 1 aliphatic heterocycles. The lowest BCUT2D eigenvalue weighted by Gasteiger charge is -2.23. The van der Waals surface area contributed by atoms with E-state index in [9.17, 15) is 17.8 Å². The van der Waals surface area contributed by atoms with Gasteiger partial charge in [0.25, 0.3) is 0 Å². The Kier molecular flexibility index (Phi) is 9.05. The van der Waals surface area contributed by atoms with Crippen LogP contribution in [0.3, 0.4) is 0 Å². The number of aromatic nitrogens is 1. The normalized spacial score (nSPS) is 15.3. The molecule has 3 rings (SSSR count). The van der Waals surface area contributed by atoms with Crippen LogP contribution in [-0.4, -0.2) is 72.7 Å². The fraction of sp³-hybridized carbons (Fsp3) is 0.407. The molecule has 194 valence electrons. The summed E-state index contributed by atoms with van der Waals surface area (Å²) in [5.74, 6) is -1.33. The van der Waals surface area contributed by atoms with Crippen LogP contribution in [0.15, 0.2) is 58.7 Å². The number of rotatable bonds is 13. The van der Waals surface area contributed by atoms with Gasteiger partial charge in [0.2, 0.25) is 0 Å². The van der Waals surface area contributed by atoms with Crippen LogP contribution in [0.5, 0.6) is 0 Å². The topological polar surface area (TPSA) is 123 Å². The average molecular weight is 514 g/mol. The summed E-state index contributed by atoms with van der Waals surface area (Å²) in [4.78, 5) is 19.3. The van der Waals surface area contributed by atoms with Crippen molar-refractivity contribution in [1.29, 1.82) is 0 Å². The van der Waals surface area contributed by atoms with Gasteiger partial charge in [0.1, 0.15) is 0 Å². The lowest BCUT2D eigenvalue weighted by molar-refractivity contribution is -0.870. The van der Waals surface area contributed by atoms with Crippen molar-refractivity contribution in [1.82, 2.24) is 4.98 Å². The molecule has 0 radical (unpaired) electrons. The molecule has 0 aliphatic carbocycles. The molecule has 0 spiro atoms. The molecule has 1 aromatic carbocycles. The fourth-order valence-electron chi connectivity index (χ4n) is 4.16. The van der Waals surface area contributed by atoms with Crippen molar-refractivity contribution in [2.45, 2.75) is 38.5 Å². The van der Waals surface area contributed by atoms with E-state index < -0.39 is 21.8 Å². The number of aryl methyl sites for hydroxylation is 2. The van der Waals surface area contributed by atoms with E-state index in [4.69, 9.17) is 10.1 Å². The van der Waals surface area contributed by atoms with Gasteiger partial charge in [0.15, 0.2) is 0 Å². The zero-order valence-corrected chi connectivity index (χ0v) is 22.0. The quantitative estimate of drug-likeness (QED) is 0.312. The van der Waals surface area contributed by atoms with Gasteiger partial charge < -0.3 is 19.1 Å². The van der Waals surface area contributed by atoms with Crippen LogP contribution >= 0.6 is 0 Å². The summed E-state index contributed by atoms with van der Waals surface area (Å²) in [5.41, 5.74) is 6.24. The number of aliphatic carboxylic acids is 1. The minimum atomic E-state index is -4.30. The first kappa shape index (κ1) is 27.6. The molecule has 2 N–H and O–H groups in total. The Morgan fingerprint density at radius 1 is 1.11 bits per heavy atom. The first-order valence-electron chi connectivity index (χ1n) is 12.1.